The number of nitrogens with two attached hydrogens (primary N) is 1. The number of benzene rings is 1. The molecule has 0 saturated heterocycles. The average Bonchev–Trinajstić information content (AvgIpc) is 2.73. The molecule has 0 aromatic heterocycles. The molecule has 4 nitrogen and oxygen atoms in total. The first-order valence-corrected chi connectivity index (χ1v) is 7.63. The molecular weight excluding hydrogens is 250 g/mol. The number of rotatable bonds is 5. The quantitative estimate of drug-likeness (QED) is 0.439. The van der Waals surface area contributed by atoms with Gasteiger partial charge >= 0.3 is 0 Å². The molecule has 0 aliphatic heterocycles. The van der Waals surface area contributed by atoms with Gasteiger partial charge in [0.05, 0.1) is 0 Å². The third-order valence-electron chi connectivity index (χ3n) is 3.87. The standard InChI is InChI=1S/C16H25N3O/c17-14-9-7-13(8-10-14)16(20)19-12-11-18-15-5-3-1-2-4-6-15/h7-10,15,18H,1-6,11-12,17H2,(H,19,20). The Labute approximate surface area is 121 Å². The summed E-state index contributed by atoms with van der Waals surface area (Å²) in [4.78, 5) is 11.9. The molecule has 110 valence electrons. The zero-order valence-corrected chi connectivity index (χ0v) is 12.0. The molecule has 4 heteroatoms. The summed E-state index contributed by atoms with van der Waals surface area (Å²) < 4.78 is 0. The van der Waals surface area contributed by atoms with Crippen molar-refractivity contribution >= 4 is 11.6 Å². The molecule has 0 radical (unpaired) electrons. The van der Waals surface area contributed by atoms with Crippen molar-refractivity contribution in [2.45, 2.75) is 44.6 Å². The normalized spacial score (nSPS) is 16.6. The molecule has 1 amide bonds. The Hall–Kier alpha value is -1.55. The smallest absolute Gasteiger partial charge is 0.251 e. The highest BCUT2D eigenvalue weighted by molar-refractivity contribution is 5.94. The second-order valence-corrected chi connectivity index (χ2v) is 5.52. The van der Waals surface area contributed by atoms with Crippen LogP contribution in [-0.2, 0) is 0 Å². The lowest BCUT2D eigenvalue weighted by molar-refractivity contribution is 0.0953. The highest BCUT2D eigenvalue weighted by Crippen LogP contribution is 2.16. The van der Waals surface area contributed by atoms with Gasteiger partial charge in [0.1, 0.15) is 0 Å². The summed E-state index contributed by atoms with van der Waals surface area (Å²) in [7, 11) is 0. The van der Waals surface area contributed by atoms with Gasteiger partial charge in [-0.2, -0.15) is 0 Å². The summed E-state index contributed by atoms with van der Waals surface area (Å²) in [6, 6.07) is 7.63. The zero-order chi connectivity index (χ0) is 14.2. The van der Waals surface area contributed by atoms with Crippen molar-refractivity contribution in [3.63, 3.8) is 0 Å². The number of carbonyl (C=O) groups is 1. The molecule has 0 spiro atoms. The van der Waals surface area contributed by atoms with Crippen molar-refractivity contribution in [1.82, 2.24) is 10.6 Å². The van der Waals surface area contributed by atoms with E-state index in [1.165, 1.54) is 38.5 Å². The number of amides is 1. The van der Waals surface area contributed by atoms with E-state index in [0.717, 1.165) is 6.54 Å². The molecule has 0 heterocycles. The molecule has 4 N–H and O–H groups in total. The maximum absolute atomic E-state index is 11.9. The molecule has 1 aliphatic carbocycles. The minimum absolute atomic E-state index is 0.0346. The first-order chi connectivity index (χ1) is 9.75. The molecule has 1 fully saturated rings. The van der Waals surface area contributed by atoms with Crippen LogP contribution in [0.4, 0.5) is 5.69 Å². The van der Waals surface area contributed by atoms with Crippen molar-refractivity contribution in [2.24, 2.45) is 0 Å². The summed E-state index contributed by atoms with van der Waals surface area (Å²) in [5.41, 5.74) is 6.94. The Balaban J connectivity index is 1.65. The SMILES string of the molecule is Nc1ccc(C(=O)NCCNC2CCCCCC2)cc1. The van der Waals surface area contributed by atoms with Crippen LogP contribution >= 0.6 is 0 Å². The third kappa shape index (κ3) is 4.85. The predicted octanol–water partition coefficient (Wildman–Crippen LogP) is 2.31. The number of hydrogen-bond donors (Lipinski definition) is 3. The zero-order valence-electron chi connectivity index (χ0n) is 12.0. The van der Waals surface area contributed by atoms with E-state index in [9.17, 15) is 4.79 Å². The maximum Gasteiger partial charge on any atom is 0.251 e. The summed E-state index contributed by atoms with van der Waals surface area (Å²) in [6.07, 6.45) is 7.93. The van der Waals surface area contributed by atoms with Gasteiger partial charge < -0.3 is 16.4 Å². The summed E-state index contributed by atoms with van der Waals surface area (Å²) >= 11 is 0. The van der Waals surface area contributed by atoms with Crippen molar-refractivity contribution in [3.05, 3.63) is 29.8 Å². The van der Waals surface area contributed by atoms with Crippen LogP contribution in [0.1, 0.15) is 48.9 Å². The molecule has 0 atom stereocenters. The minimum atomic E-state index is -0.0346. The van der Waals surface area contributed by atoms with Crippen LogP contribution in [0.5, 0.6) is 0 Å². The molecule has 0 bridgehead atoms. The van der Waals surface area contributed by atoms with E-state index in [1.54, 1.807) is 24.3 Å². The van der Waals surface area contributed by atoms with Gasteiger partial charge in [-0.05, 0) is 37.1 Å². The van der Waals surface area contributed by atoms with E-state index in [1.807, 2.05) is 0 Å². The second-order valence-electron chi connectivity index (χ2n) is 5.52. The van der Waals surface area contributed by atoms with E-state index in [2.05, 4.69) is 10.6 Å². The lowest BCUT2D eigenvalue weighted by Crippen LogP contribution is -2.36. The van der Waals surface area contributed by atoms with E-state index in [-0.39, 0.29) is 5.91 Å². The Kier molecular flexibility index (Phi) is 5.87. The molecule has 1 aromatic rings. The van der Waals surface area contributed by atoms with Gasteiger partial charge in [-0.1, -0.05) is 25.7 Å². The van der Waals surface area contributed by atoms with Crippen molar-refractivity contribution in [3.8, 4) is 0 Å². The molecular formula is C16H25N3O. The third-order valence-corrected chi connectivity index (χ3v) is 3.87. The van der Waals surface area contributed by atoms with Crippen LogP contribution in [0.15, 0.2) is 24.3 Å². The van der Waals surface area contributed by atoms with Crippen molar-refractivity contribution in [1.29, 1.82) is 0 Å². The van der Waals surface area contributed by atoms with Crippen molar-refractivity contribution < 1.29 is 4.79 Å². The number of carbonyl (C=O) groups excluding carboxylic acids is 1. The van der Waals surface area contributed by atoms with Gasteiger partial charge in [0, 0.05) is 30.4 Å². The fourth-order valence-corrected chi connectivity index (χ4v) is 2.67. The van der Waals surface area contributed by atoms with E-state index >= 15 is 0 Å². The molecule has 20 heavy (non-hydrogen) atoms. The summed E-state index contributed by atoms with van der Waals surface area (Å²) in [6.45, 7) is 1.51. The largest absolute Gasteiger partial charge is 0.399 e. The molecule has 1 saturated carbocycles. The van der Waals surface area contributed by atoms with Crippen LogP contribution in [0.3, 0.4) is 0 Å². The minimum Gasteiger partial charge on any atom is -0.399 e. The number of anilines is 1. The summed E-state index contributed by atoms with van der Waals surface area (Å²) in [5, 5.41) is 6.47. The van der Waals surface area contributed by atoms with Crippen LogP contribution < -0.4 is 16.4 Å². The Morgan fingerprint density at radius 3 is 2.35 bits per heavy atom. The first-order valence-electron chi connectivity index (χ1n) is 7.63. The highest BCUT2D eigenvalue weighted by Gasteiger charge is 2.11. The van der Waals surface area contributed by atoms with E-state index in [4.69, 9.17) is 5.73 Å². The number of nitrogen functional groups attached to an aromatic ring is 1. The number of nitrogens with one attached hydrogen (secondary N) is 2. The van der Waals surface area contributed by atoms with Gasteiger partial charge in [0.15, 0.2) is 0 Å². The lowest BCUT2D eigenvalue weighted by Gasteiger charge is -2.16. The molecule has 2 rings (SSSR count). The van der Waals surface area contributed by atoms with Crippen LogP contribution in [-0.4, -0.2) is 25.0 Å². The fourth-order valence-electron chi connectivity index (χ4n) is 2.67. The Bertz CT molecular complexity index is 408. The number of hydrogen-bond acceptors (Lipinski definition) is 3. The van der Waals surface area contributed by atoms with Crippen molar-refractivity contribution in [2.75, 3.05) is 18.8 Å². The van der Waals surface area contributed by atoms with Gasteiger partial charge in [-0.3, -0.25) is 4.79 Å². The Morgan fingerprint density at radius 1 is 1.05 bits per heavy atom. The van der Waals surface area contributed by atoms with Gasteiger partial charge in [-0.15, -0.1) is 0 Å². The van der Waals surface area contributed by atoms with E-state index in [0.29, 0.717) is 23.8 Å². The average molecular weight is 275 g/mol. The van der Waals surface area contributed by atoms with E-state index < -0.39 is 0 Å². The maximum atomic E-state index is 11.9. The van der Waals surface area contributed by atoms with Crippen LogP contribution in [0.25, 0.3) is 0 Å². The second kappa shape index (κ2) is 7.90. The first kappa shape index (κ1) is 14.9. The van der Waals surface area contributed by atoms with Gasteiger partial charge in [0.25, 0.3) is 5.91 Å². The van der Waals surface area contributed by atoms with Crippen LogP contribution in [0.2, 0.25) is 0 Å². The highest BCUT2D eigenvalue weighted by atomic mass is 16.1. The fraction of sp³-hybridized carbons (Fsp3) is 0.562. The monoisotopic (exact) mass is 275 g/mol. The van der Waals surface area contributed by atoms with Gasteiger partial charge in [0.2, 0.25) is 0 Å². The van der Waals surface area contributed by atoms with Gasteiger partial charge in [-0.25, -0.2) is 0 Å². The molecule has 1 aliphatic rings. The summed E-state index contributed by atoms with van der Waals surface area (Å²) in [5.74, 6) is -0.0346. The van der Waals surface area contributed by atoms with Crippen LogP contribution in [0, 0.1) is 0 Å². The topological polar surface area (TPSA) is 67.2 Å². The lowest BCUT2D eigenvalue weighted by atomic mass is 10.1. The Morgan fingerprint density at radius 2 is 1.70 bits per heavy atom. The molecule has 0 unspecified atom stereocenters. The predicted molar refractivity (Wildman–Crippen MR) is 82.7 cm³/mol. The molecule has 1 aromatic carbocycles.